The Morgan fingerprint density at radius 2 is 1.83 bits per heavy atom. The molecule has 150 valence electrons. The van der Waals surface area contributed by atoms with Gasteiger partial charge in [0.15, 0.2) is 17.5 Å². The number of hydrogen-bond acceptors (Lipinski definition) is 4. The molecule has 1 saturated heterocycles. The lowest BCUT2D eigenvalue weighted by Gasteiger charge is -2.13. The molecular weight excluding hydrogens is 452 g/mol. The van der Waals surface area contributed by atoms with Gasteiger partial charge in [0.25, 0.3) is 11.1 Å². The number of anilines is 1. The van der Waals surface area contributed by atoms with Crippen LogP contribution in [0, 0.1) is 17.5 Å². The van der Waals surface area contributed by atoms with Crippen LogP contribution in [0.25, 0.3) is 6.08 Å². The van der Waals surface area contributed by atoms with Crippen molar-refractivity contribution in [3.8, 4) is 0 Å². The zero-order chi connectivity index (χ0) is 21.3. The van der Waals surface area contributed by atoms with Crippen LogP contribution in [0.4, 0.5) is 23.7 Å². The molecule has 1 N–H and O–H groups in total. The average molecular weight is 461 g/mol. The second-order valence-corrected chi connectivity index (χ2v) is 7.54. The minimum Gasteiger partial charge on any atom is -0.322 e. The molecule has 5 nitrogen and oxygen atoms in total. The molecule has 3 rings (SSSR count). The van der Waals surface area contributed by atoms with E-state index in [0.29, 0.717) is 33.3 Å². The van der Waals surface area contributed by atoms with Crippen molar-refractivity contribution in [3.05, 3.63) is 68.3 Å². The van der Waals surface area contributed by atoms with Crippen LogP contribution >= 0.6 is 35.0 Å². The van der Waals surface area contributed by atoms with Crippen LogP contribution in [0.1, 0.15) is 5.56 Å². The number of thioether (sulfide) groups is 1. The zero-order valence-corrected chi connectivity index (χ0v) is 16.5. The normalized spacial score (nSPS) is 15.3. The summed E-state index contributed by atoms with van der Waals surface area (Å²) in [4.78, 5) is 37.2. The van der Waals surface area contributed by atoms with Crippen LogP contribution < -0.4 is 5.32 Å². The van der Waals surface area contributed by atoms with Gasteiger partial charge >= 0.3 is 0 Å². The highest BCUT2D eigenvalue weighted by atomic mass is 35.5. The SMILES string of the molecule is O=C(CN1C(=O)S/C(=C/c2ccc(Cl)cc2Cl)C1=O)Nc1ccc(F)c(F)c1F. The highest BCUT2D eigenvalue weighted by Gasteiger charge is 2.36. The molecule has 0 spiro atoms. The lowest BCUT2D eigenvalue weighted by Crippen LogP contribution is -2.36. The van der Waals surface area contributed by atoms with E-state index in [4.69, 9.17) is 23.2 Å². The third kappa shape index (κ3) is 4.58. The highest BCUT2D eigenvalue weighted by molar-refractivity contribution is 8.18. The molecule has 2 aromatic carbocycles. The Bertz CT molecular complexity index is 1080. The molecule has 11 heteroatoms. The molecular formula is C18H9Cl2F3N2O3S. The fraction of sp³-hybridized carbons (Fsp3) is 0.0556. The summed E-state index contributed by atoms with van der Waals surface area (Å²) in [5.41, 5.74) is -0.181. The van der Waals surface area contributed by atoms with Gasteiger partial charge in [-0.05, 0) is 47.7 Å². The van der Waals surface area contributed by atoms with E-state index >= 15 is 0 Å². The van der Waals surface area contributed by atoms with Crippen molar-refractivity contribution in [2.24, 2.45) is 0 Å². The maximum atomic E-state index is 13.6. The Morgan fingerprint density at radius 3 is 2.52 bits per heavy atom. The van der Waals surface area contributed by atoms with Crippen LogP contribution in [0.2, 0.25) is 10.0 Å². The quantitative estimate of drug-likeness (QED) is 0.509. The molecule has 1 heterocycles. The van der Waals surface area contributed by atoms with Gasteiger partial charge in [0.2, 0.25) is 5.91 Å². The van der Waals surface area contributed by atoms with E-state index in [1.165, 1.54) is 12.1 Å². The Kier molecular flexibility index (Phi) is 6.21. The molecule has 29 heavy (non-hydrogen) atoms. The number of carbonyl (C=O) groups excluding carboxylic acids is 3. The lowest BCUT2D eigenvalue weighted by molar-refractivity contribution is -0.127. The fourth-order valence-corrected chi connectivity index (χ4v) is 3.64. The number of amides is 3. The largest absolute Gasteiger partial charge is 0.322 e. The highest BCUT2D eigenvalue weighted by Crippen LogP contribution is 2.34. The topological polar surface area (TPSA) is 66.5 Å². The molecule has 0 unspecified atom stereocenters. The summed E-state index contributed by atoms with van der Waals surface area (Å²) < 4.78 is 39.8. The van der Waals surface area contributed by atoms with Crippen LogP contribution in [-0.4, -0.2) is 28.5 Å². The number of rotatable bonds is 4. The van der Waals surface area contributed by atoms with Crippen molar-refractivity contribution in [1.82, 2.24) is 4.90 Å². The van der Waals surface area contributed by atoms with Crippen molar-refractivity contribution < 1.29 is 27.6 Å². The minimum absolute atomic E-state index is 0.0195. The molecule has 0 bridgehead atoms. The Labute approximate surface area is 176 Å². The Morgan fingerprint density at radius 1 is 1.10 bits per heavy atom. The zero-order valence-electron chi connectivity index (χ0n) is 14.1. The van der Waals surface area contributed by atoms with Gasteiger partial charge in [-0.2, -0.15) is 0 Å². The number of hydrogen-bond donors (Lipinski definition) is 1. The molecule has 0 radical (unpaired) electrons. The molecule has 1 aliphatic heterocycles. The fourth-order valence-electron chi connectivity index (χ4n) is 2.35. The smallest absolute Gasteiger partial charge is 0.294 e. The molecule has 0 aliphatic carbocycles. The van der Waals surface area contributed by atoms with Gasteiger partial charge in [0.1, 0.15) is 6.54 Å². The van der Waals surface area contributed by atoms with Gasteiger partial charge in [-0.25, -0.2) is 13.2 Å². The van der Waals surface area contributed by atoms with E-state index in [1.54, 1.807) is 12.1 Å². The number of nitrogens with one attached hydrogen (secondary N) is 1. The maximum absolute atomic E-state index is 13.6. The number of benzene rings is 2. The van der Waals surface area contributed by atoms with Crippen molar-refractivity contribution in [2.45, 2.75) is 0 Å². The van der Waals surface area contributed by atoms with Crippen LogP contribution in [0.15, 0.2) is 35.2 Å². The summed E-state index contributed by atoms with van der Waals surface area (Å²) in [6.07, 6.45) is 1.37. The van der Waals surface area contributed by atoms with Gasteiger partial charge in [-0.3, -0.25) is 19.3 Å². The first-order chi connectivity index (χ1) is 13.7. The maximum Gasteiger partial charge on any atom is 0.294 e. The third-order valence-corrected chi connectivity index (χ3v) is 5.20. The van der Waals surface area contributed by atoms with E-state index in [9.17, 15) is 27.6 Å². The second kappa shape index (κ2) is 8.48. The van der Waals surface area contributed by atoms with Crippen LogP contribution in [-0.2, 0) is 9.59 Å². The van der Waals surface area contributed by atoms with E-state index in [2.05, 4.69) is 0 Å². The standard InChI is InChI=1S/C18H9Cl2F3N2O3S/c19-9-2-1-8(10(20)6-9)5-13-17(27)25(18(28)29-13)7-14(26)24-12-4-3-11(21)15(22)16(12)23/h1-6H,7H2,(H,24,26)/b13-5+. The molecule has 1 fully saturated rings. The number of halogens is 5. The summed E-state index contributed by atoms with van der Waals surface area (Å²) in [6, 6.07) is 6.02. The number of carbonyl (C=O) groups is 3. The number of nitrogens with zero attached hydrogens (tertiary/aromatic N) is 1. The molecule has 0 atom stereocenters. The summed E-state index contributed by atoms with van der Waals surface area (Å²) >= 11 is 12.4. The van der Waals surface area contributed by atoms with Crippen molar-refractivity contribution in [1.29, 1.82) is 0 Å². The molecule has 0 saturated carbocycles. The molecule has 3 amide bonds. The molecule has 1 aliphatic rings. The Hall–Kier alpha value is -2.49. The van der Waals surface area contributed by atoms with Crippen molar-refractivity contribution >= 4 is 63.8 Å². The van der Waals surface area contributed by atoms with Gasteiger partial charge < -0.3 is 5.32 Å². The minimum atomic E-state index is -1.75. The average Bonchev–Trinajstić information content (AvgIpc) is 2.92. The van der Waals surface area contributed by atoms with E-state index in [-0.39, 0.29) is 9.93 Å². The van der Waals surface area contributed by atoms with E-state index in [1.807, 2.05) is 5.32 Å². The second-order valence-electron chi connectivity index (χ2n) is 5.70. The van der Waals surface area contributed by atoms with Crippen molar-refractivity contribution in [2.75, 3.05) is 11.9 Å². The van der Waals surface area contributed by atoms with Gasteiger partial charge in [0, 0.05) is 10.0 Å². The monoisotopic (exact) mass is 460 g/mol. The Balaban J connectivity index is 1.74. The first-order valence-electron chi connectivity index (χ1n) is 7.81. The summed E-state index contributed by atoms with van der Waals surface area (Å²) in [6.45, 7) is -0.741. The van der Waals surface area contributed by atoms with Crippen LogP contribution in [0.3, 0.4) is 0 Å². The van der Waals surface area contributed by atoms with Crippen molar-refractivity contribution in [3.63, 3.8) is 0 Å². The predicted molar refractivity (Wildman–Crippen MR) is 104 cm³/mol. The van der Waals surface area contributed by atoms with Crippen LogP contribution in [0.5, 0.6) is 0 Å². The molecule has 0 aromatic heterocycles. The number of imide groups is 1. The first-order valence-corrected chi connectivity index (χ1v) is 9.38. The predicted octanol–water partition coefficient (Wildman–Crippen LogP) is 5.09. The van der Waals surface area contributed by atoms with Gasteiger partial charge in [-0.15, -0.1) is 0 Å². The summed E-state index contributed by atoms with van der Waals surface area (Å²) in [5, 5.41) is 1.92. The van der Waals surface area contributed by atoms with Gasteiger partial charge in [-0.1, -0.05) is 29.3 Å². The summed E-state index contributed by atoms with van der Waals surface area (Å²) in [7, 11) is 0. The molecule has 2 aromatic rings. The van der Waals surface area contributed by atoms with Gasteiger partial charge in [0.05, 0.1) is 10.6 Å². The first kappa shape index (κ1) is 21.2. The third-order valence-electron chi connectivity index (χ3n) is 3.73. The lowest BCUT2D eigenvalue weighted by atomic mass is 10.2. The van der Waals surface area contributed by atoms with E-state index in [0.717, 1.165) is 6.07 Å². The summed E-state index contributed by atoms with van der Waals surface area (Å²) in [5.74, 6) is -6.49. The van der Waals surface area contributed by atoms with E-state index < -0.39 is 46.7 Å².